The van der Waals surface area contributed by atoms with Gasteiger partial charge in [0.15, 0.2) is 5.78 Å². The molecule has 6 heteroatoms. The van der Waals surface area contributed by atoms with Crippen LogP contribution in [0.4, 0.5) is 5.69 Å². The van der Waals surface area contributed by atoms with E-state index in [0.717, 1.165) is 17.5 Å². The van der Waals surface area contributed by atoms with E-state index in [1.165, 1.54) is 12.1 Å². The van der Waals surface area contributed by atoms with Crippen LogP contribution < -0.4 is 10.5 Å². The first-order valence-electron chi connectivity index (χ1n) is 7.16. The number of carbonyl (C=O) groups excluding carboxylic acids is 1. The Morgan fingerprint density at radius 1 is 1.00 bits per heavy atom. The number of primary sulfonamides is 1. The van der Waals surface area contributed by atoms with Gasteiger partial charge in [0.25, 0.3) is 0 Å². The number of nitrogens with two attached hydrogens (primary N) is 1. The first-order valence-corrected chi connectivity index (χ1v) is 8.71. The van der Waals surface area contributed by atoms with Crippen LogP contribution in [0.15, 0.2) is 65.2 Å². The van der Waals surface area contributed by atoms with E-state index in [-0.39, 0.29) is 10.7 Å². The number of Topliss-reactive ketones (excluding diaryl/α,β-unsaturated/α-hetero) is 1. The lowest BCUT2D eigenvalue weighted by Crippen LogP contribution is -2.15. The molecule has 23 heavy (non-hydrogen) atoms. The van der Waals surface area contributed by atoms with Gasteiger partial charge in [0.2, 0.25) is 10.0 Å². The number of carbonyl (C=O) groups is 1. The van der Waals surface area contributed by atoms with Gasteiger partial charge in [0.1, 0.15) is 0 Å². The minimum absolute atomic E-state index is 0.0282. The topological polar surface area (TPSA) is 89.3 Å². The molecule has 0 aliphatic heterocycles. The van der Waals surface area contributed by atoms with Gasteiger partial charge in [-0.3, -0.25) is 4.79 Å². The normalized spacial score (nSPS) is 16.2. The predicted octanol–water partition coefficient (Wildman–Crippen LogP) is 2.46. The number of aryl methyl sites for hydroxylation is 1. The summed E-state index contributed by atoms with van der Waals surface area (Å²) in [5.41, 5.74) is 3.22. The number of benzene rings is 2. The Balaban J connectivity index is 1.78. The molecule has 0 aromatic heterocycles. The molecule has 0 amide bonds. The zero-order valence-corrected chi connectivity index (χ0v) is 13.1. The number of allylic oxidation sites excluding steroid dienone is 1. The van der Waals surface area contributed by atoms with Crippen molar-refractivity contribution in [3.8, 4) is 0 Å². The van der Waals surface area contributed by atoms with Gasteiger partial charge in [0.05, 0.1) is 4.90 Å². The van der Waals surface area contributed by atoms with Crippen LogP contribution >= 0.6 is 0 Å². The molecule has 0 unspecified atom stereocenters. The summed E-state index contributed by atoms with van der Waals surface area (Å²) in [4.78, 5) is 12.5. The Labute approximate surface area is 134 Å². The number of hydrogen-bond acceptors (Lipinski definition) is 4. The molecule has 118 valence electrons. The molecule has 1 aliphatic rings. The molecular weight excluding hydrogens is 312 g/mol. The fraction of sp³-hybridized carbons (Fsp3) is 0.118. The van der Waals surface area contributed by atoms with Gasteiger partial charge in [-0.2, -0.15) is 0 Å². The van der Waals surface area contributed by atoms with Crippen molar-refractivity contribution in [3.05, 3.63) is 71.4 Å². The van der Waals surface area contributed by atoms with E-state index in [0.29, 0.717) is 17.7 Å². The Morgan fingerprint density at radius 2 is 1.70 bits per heavy atom. The van der Waals surface area contributed by atoms with Gasteiger partial charge in [-0.25, -0.2) is 13.6 Å². The lowest BCUT2D eigenvalue weighted by molar-refractivity contribution is 0.102. The summed E-state index contributed by atoms with van der Waals surface area (Å²) in [7, 11) is -3.69. The third kappa shape index (κ3) is 3.33. The number of nitrogens with one attached hydrogen (secondary N) is 1. The summed E-state index contributed by atoms with van der Waals surface area (Å²) in [5, 5.41) is 8.09. The van der Waals surface area contributed by atoms with Crippen LogP contribution in [0.5, 0.6) is 0 Å². The molecule has 0 heterocycles. The molecule has 3 rings (SSSR count). The minimum Gasteiger partial charge on any atom is -0.361 e. The number of fused-ring (bicyclic) bond motifs is 1. The van der Waals surface area contributed by atoms with Gasteiger partial charge < -0.3 is 5.32 Å². The molecular formula is C17H16N2O3S. The third-order valence-corrected chi connectivity index (χ3v) is 4.74. The van der Waals surface area contributed by atoms with Crippen molar-refractivity contribution in [2.75, 3.05) is 5.32 Å². The van der Waals surface area contributed by atoms with Gasteiger partial charge in [-0.15, -0.1) is 0 Å². The smallest absolute Gasteiger partial charge is 0.238 e. The quantitative estimate of drug-likeness (QED) is 0.847. The number of ketones is 1. The zero-order chi connectivity index (χ0) is 16.4. The van der Waals surface area contributed by atoms with E-state index in [1.807, 2.05) is 24.3 Å². The molecule has 0 spiro atoms. The van der Waals surface area contributed by atoms with Crippen LogP contribution in [0.3, 0.4) is 0 Å². The molecule has 5 nitrogen and oxygen atoms in total. The maximum atomic E-state index is 12.4. The van der Waals surface area contributed by atoms with Gasteiger partial charge >= 0.3 is 0 Å². The largest absolute Gasteiger partial charge is 0.361 e. The van der Waals surface area contributed by atoms with Crippen molar-refractivity contribution in [3.63, 3.8) is 0 Å². The van der Waals surface area contributed by atoms with E-state index < -0.39 is 10.0 Å². The number of anilines is 1. The molecule has 0 atom stereocenters. The minimum atomic E-state index is -3.69. The van der Waals surface area contributed by atoms with Crippen LogP contribution in [0, 0.1) is 0 Å². The van der Waals surface area contributed by atoms with Crippen molar-refractivity contribution in [2.24, 2.45) is 5.14 Å². The lowest BCUT2D eigenvalue weighted by atomic mass is 9.87. The van der Waals surface area contributed by atoms with Crippen molar-refractivity contribution in [2.45, 2.75) is 17.7 Å². The zero-order valence-electron chi connectivity index (χ0n) is 12.3. The maximum absolute atomic E-state index is 12.4. The van der Waals surface area contributed by atoms with E-state index in [1.54, 1.807) is 18.3 Å². The summed E-state index contributed by atoms with van der Waals surface area (Å²) in [6.07, 6.45) is 3.20. The molecule has 0 saturated heterocycles. The van der Waals surface area contributed by atoms with Crippen molar-refractivity contribution in [1.29, 1.82) is 0 Å². The van der Waals surface area contributed by atoms with E-state index >= 15 is 0 Å². The molecule has 0 fully saturated rings. The molecule has 0 radical (unpaired) electrons. The van der Waals surface area contributed by atoms with Gasteiger partial charge in [0, 0.05) is 23.0 Å². The maximum Gasteiger partial charge on any atom is 0.238 e. The molecule has 1 aliphatic carbocycles. The summed E-state index contributed by atoms with van der Waals surface area (Å²) in [6, 6.07) is 13.7. The second-order valence-corrected chi connectivity index (χ2v) is 6.93. The van der Waals surface area contributed by atoms with Crippen molar-refractivity contribution < 1.29 is 13.2 Å². The van der Waals surface area contributed by atoms with Crippen LogP contribution in [-0.4, -0.2) is 14.2 Å². The highest BCUT2D eigenvalue weighted by Gasteiger charge is 2.21. The molecule has 2 aromatic rings. The van der Waals surface area contributed by atoms with Crippen LogP contribution in [-0.2, 0) is 16.4 Å². The van der Waals surface area contributed by atoms with Gasteiger partial charge in [-0.05, 0) is 42.7 Å². The van der Waals surface area contributed by atoms with Crippen LogP contribution in [0.2, 0.25) is 0 Å². The first-order chi connectivity index (χ1) is 10.9. The van der Waals surface area contributed by atoms with Crippen LogP contribution in [0.25, 0.3) is 0 Å². The standard InChI is InChI=1S/C17H16N2O3S/c18-23(21,22)15-9-7-14(8-10-15)19-11-13-6-5-12-3-1-2-4-16(12)17(13)20/h1-4,7-11,19H,5-6H2,(H2,18,21,22). The fourth-order valence-corrected chi connectivity index (χ4v) is 3.08. The summed E-state index contributed by atoms with van der Waals surface area (Å²) in [6.45, 7) is 0. The number of hydrogen-bond donors (Lipinski definition) is 2. The van der Waals surface area contributed by atoms with Gasteiger partial charge in [-0.1, -0.05) is 24.3 Å². The van der Waals surface area contributed by atoms with Crippen molar-refractivity contribution >= 4 is 21.5 Å². The molecule has 3 N–H and O–H groups in total. The van der Waals surface area contributed by atoms with Crippen molar-refractivity contribution in [1.82, 2.24) is 0 Å². The second kappa shape index (κ2) is 5.98. The Kier molecular flexibility index (Phi) is 4.02. The Hall–Kier alpha value is -2.44. The fourth-order valence-electron chi connectivity index (χ4n) is 2.56. The van der Waals surface area contributed by atoms with E-state index in [2.05, 4.69) is 5.32 Å². The molecule has 0 bridgehead atoms. The highest BCUT2D eigenvalue weighted by molar-refractivity contribution is 7.89. The highest BCUT2D eigenvalue weighted by Crippen LogP contribution is 2.25. The lowest BCUT2D eigenvalue weighted by Gasteiger charge is -2.17. The predicted molar refractivity (Wildman–Crippen MR) is 88.6 cm³/mol. The Morgan fingerprint density at radius 3 is 2.39 bits per heavy atom. The second-order valence-electron chi connectivity index (χ2n) is 5.37. The monoisotopic (exact) mass is 328 g/mol. The summed E-state index contributed by atoms with van der Waals surface area (Å²) < 4.78 is 22.4. The number of rotatable bonds is 3. The Bertz CT molecular complexity index is 884. The van der Waals surface area contributed by atoms with E-state index in [4.69, 9.17) is 5.14 Å². The third-order valence-electron chi connectivity index (χ3n) is 3.81. The molecule has 0 saturated carbocycles. The average molecular weight is 328 g/mol. The first kappa shape index (κ1) is 15.5. The summed E-state index contributed by atoms with van der Waals surface area (Å²) in [5.74, 6) is 0.0282. The highest BCUT2D eigenvalue weighted by atomic mass is 32.2. The number of sulfonamides is 1. The van der Waals surface area contributed by atoms with E-state index in [9.17, 15) is 13.2 Å². The van der Waals surface area contributed by atoms with Crippen LogP contribution in [0.1, 0.15) is 22.3 Å². The summed E-state index contributed by atoms with van der Waals surface area (Å²) >= 11 is 0. The average Bonchev–Trinajstić information content (AvgIpc) is 2.54. The molecule has 2 aromatic carbocycles. The SMILES string of the molecule is NS(=O)(=O)c1ccc(NC=C2CCc3ccccc3C2=O)cc1.